The van der Waals surface area contributed by atoms with Crippen LogP contribution in [0.2, 0.25) is 0 Å². The van der Waals surface area contributed by atoms with Crippen LogP contribution in [-0.4, -0.2) is 25.8 Å². The lowest BCUT2D eigenvalue weighted by Crippen LogP contribution is -2.31. The number of furan rings is 1. The van der Waals surface area contributed by atoms with E-state index in [1.165, 1.54) is 0 Å². The fourth-order valence-electron chi connectivity index (χ4n) is 1.39. The molecule has 86 valence electrons. The number of ether oxygens (including phenoxy) is 1. The molecule has 3 nitrogen and oxygen atoms in total. The number of hydrogen-bond acceptors (Lipinski definition) is 3. The minimum Gasteiger partial charge on any atom is -0.469 e. The van der Waals surface area contributed by atoms with Gasteiger partial charge in [0.2, 0.25) is 0 Å². The van der Waals surface area contributed by atoms with Gasteiger partial charge in [-0.1, -0.05) is 0 Å². The highest BCUT2D eigenvalue weighted by Gasteiger charge is 2.08. The third kappa shape index (κ3) is 5.00. The molecule has 1 atom stereocenters. The van der Waals surface area contributed by atoms with Gasteiger partial charge < -0.3 is 14.5 Å². The van der Waals surface area contributed by atoms with Gasteiger partial charge in [0.05, 0.1) is 19.0 Å². The van der Waals surface area contributed by atoms with Crippen molar-refractivity contribution in [3.8, 4) is 0 Å². The fraction of sp³-hybridized carbons (Fsp3) is 0.667. The van der Waals surface area contributed by atoms with Gasteiger partial charge in [-0.2, -0.15) is 0 Å². The number of likely N-dealkylation sites (N-methyl/N-ethyl adjacent to an activating group) is 1. The van der Waals surface area contributed by atoms with E-state index in [0.717, 1.165) is 25.2 Å². The van der Waals surface area contributed by atoms with Crippen LogP contribution in [0.3, 0.4) is 0 Å². The molecule has 0 aliphatic rings. The van der Waals surface area contributed by atoms with Crippen LogP contribution < -0.4 is 5.32 Å². The molecule has 0 aliphatic heterocycles. The molecule has 3 heteroatoms. The minimum atomic E-state index is 0.296. The highest BCUT2D eigenvalue weighted by atomic mass is 16.5. The molecule has 0 aromatic carbocycles. The Kier molecular flexibility index (Phi) is 5.43. The van der Waals surface area contributed by atoms with Gasteiger partial charge in [-0.15, -0.1) is 0 Å². The molecule has 0 saturated heterocycles. The van der Waals surface area contributed by atoms with Crippen LogP contribution in [0.4, 0.5) is 0 Å². The average Bonchev–Trinajstić information content (AvgIpc) is 2.70. The van der Waals surface area contributed by atoms with Gasteiger partial charge in [0.1, 0.15) is 5.76 Å². The predicted octanol–water partition coefficient (Wildman–Crippen LogP) is 2.23. The summed E-state index contributed by atoms with van der Waals surface area (Å²) in [6, 6.07) is 4.34. The molecule has 1 heterocycles. The summed E-state index contributed by atoms with van der Waals surface area (Å²) in [4.78, 5) is 0. The zero-order chi connectivity index (χ0) is 11.1. The lowest BCUT2D eigenvalue weighted by molar-refractivity contribution is 0.0609. The molecule has 0 bridgehead atoms. The van der Waals surface area contributed by atoms with Crippen molar-refractivity contribution in [2.45, 2.75) is 38.8 Å². The topological polar surface area (TPSA) is 34.4 Å². The van der Waals surface area contributed by atoms with Crippen molar-refractivity contribution in [1.29, 1.82) is 0 Å². The Balaban J connectivity index is 2.22. The first-order valence-electron chi connectivity index (χ1n) is 5.53. The molecule has 1 aromatic rings. The molecular formula is C12H21NO2. The maximum absolute atomic E-state index is 5.57. The van der Waals surface area contributed by atoms with Gasteiger partial charge >= 0.3 is 0 Å². The summed E-state index contributed by atoms with van der Waals surface area (Å²) >= 11 is 0. The largest absolute Gasteiger partial charge is 0.469 e. The van der Waals surface area contributed by atoms with Crippen LogP contribution in [0.15, 0.2) is 22.8 Å². The molecule has 0 aliphatic carbocycles. The maximum atomic E-state index is 5.57. The van der Waals surface area contributed by atoms with Crippen molar-refractivity contribution in [2.75, 3.05) is 13.7 Å². The van der Waals surface area contributed by atoms with E-state index in [1.54, 1.807) is 6.26 Å². The van der Waals surface area contributed by atoms with Crippen molar-refractivity contribution < 1.29 is 9.15 Å². The number of hydrogen-bond donors (Lipinski definition) is 1. The first-order valence-corrected chi connectivity index (χ1v) is 5.53. The summed E-state index contributed by atoms with van der Waals surface area (Å²) < 4.78 is 10.9. The van der Waals surface area contributed by atoms with E-state index in [1.807, 2.05) is 19.2 Å². The average molecular weight is 211 g/mol. The van der Waals surface area contributed by atoms with Crippen LogP contribution in [0.5, 0.6) is 0 Å². The molecule has 1 aromatic heterocycles. The van der Waals surface area contributed by atoms with E-state index < -0.39 is 0 Å². The SMILES string of the molecule is CNC(CCc1ccco1)COC(C)C. The quantitative estimate of drug-likeness (QED) is 0.751. The Morgan fingerprint density at radius 2 is 2.27 bits per heavy atom. The van der Waals surface area contributed by atoms with Crippen LogP contribution >= 0.6 is 0 Å². The lowest BCUT2D eigenvalue weighted by Gasteiger charge is -2.17. The summed E-state index contributed by atoms with van der Waals surface area (Å²) in [7, 11) is 1.97. The highest BCUT2D eigenvalue weighted by molar-refractivity contribution is 4.98. The molecule has 0 spiro atoms. The second-order valence-corrected chi connectivity index (χ2v) is 3.99. The van der Waals surface area contributed by atoms with E-state index in [2.05, 4.69) is 19.2 Å². The van der Waals surface area contributed by atoms with E-state index in [0.29, 0.717) is 12.1 Å². The van der Waals surface area contributed by atoms with Gasteiger partial charge in [0, 0.05) is 12.5 Å². The van der Waals surface area contributed by atoms with Gasteiger partial charge in [-0.05, 0) is 39.4 Å². The molecular weight excluding hydrogens is 190 g/mol. The van der Waals surface area contributed by atoms with Crippen molar-refractivity contribution in [3.05, 3.63) is 24.2 Å². The van der Waals surface area contributed by atoms with Crippen LogP contribution in [0.25, 0.3) is 0 Å². The zero-order valence-electron chi connectivity index (χ0n) is 9.82. The van der Waals surface area contributed by atoms with E-state index in [-0.39, 0.29) is 0 Å². The second kappa shape index (κ2) is 6.64. The van der Waals surface area contributed by atoms with Gasteiger partial charge in [0.25, 0.3) is 0 Å². The standard InChI is InChI=1S/C12H21NO2/c1-10(2)15-9-11(13-3)6-7-12-5-4-8-14-12/h4-5,8,10-11,13H,6-7,9H2,1-3H3. The van der Waals surface area contributed by atoms with Gasteiger partial charge in [-0.25, -0.2) is 0 Å². The Morgan fingerprint density at radius 3 is 2.80 bits per heavy atom. The molecule has 1 N–H and O–H groups in total. The first-order chi connectivity index (χ1) is 7.22. The molecule has 0 saturated carbocycles. The Labute approximate surface area is 91.8 Å². The van der Waals surface area contributed by atoms with E-state index >= 15 is 0 Å². The van der Waals surface area contributed by atoms with Crippen LogP contribution in [0.1, 0.15) is 26.0 Å². The van der Waals surface area contributed by atoms with Crippen LogP contribution in [0, 0.1) is 0 Å². The predicted molar refractivity (Wildman–Crippen MR) is 61.0 cm³/mol. The fourth-order valence-corrected chi connectivity index (χ4v) is 1.39. The summed E-state index contributed by atoms with van der Waals surface area (Å²) in [6.45, 7) is 4.87. The monoisotopic (exact) mass is 211 g/mol. The number of nitrogens with one attached hydrogen (secondary N) is 1. The maximum Gasteiger partial charge on any atom is 0.103 e. The van der Waals surface area contributed by atoms with Gasteiger partial charge in [-0.3, -0.25) is 0 Å². The summed E-state index contributed by atoms with van der Waals surface area (Å²) in [6.07, 6.45) is 4.01. The molecule has 15 heavy (non-hydrogen) atoms. The third-order valence-electron chi connectivity index (χ3n) is 2.36. The van der Waals surface area contributed by atoms with Crippen molar-refractivity contribution >= 4 is 0 Å². The molecule has 1 unspecified atom stereocenters. The Hall–Kier alpha value is -0.800. The lowest BCUT2D eigenvalue weighted by atomic mass is 10.1. The minimum absolute atomic E-state index is 0.296. The highest BCUT2D eigenvalue weighted by Crippen LogP contribution is 2.06. The molecule has 1 rings (SSSR count). The van der Waals surface area contributed by atoms with E-state index in [9.17, 15) is 0 Å². The zero-order valence-corrected chi connectivity index (χ0v) is 9.82. The first kappa shape index (κ1) is 12.3. The van der Waals surface area contributed by atoms with Crippen molar-refractivity contribution in [1.82, 2.24) is 5.32 Å². The molecule has 0 radical (unpaired) electrons. The third-order valence-corrected chi connectivity index (χ3v) is 2.36. The summed E-state index contributed by atoms with van der Waals surface area (Å²) in [5.74, 6) is 1.04. The van der Waals surface area contributed by atoms with Crippen molar-refractivity contribution in [2.24, 2.45) is 0 Å². The Bertz CT molecular complexity index is 244. The number of rotatable bonds is 7. The van der Waals surface area contributed by atoms with Crippen molar-refractivity contribution in [3.63, 3.8) is 0 Å². The summed E-state index contributed by atoms with van der Waals surface area (Å²) in [5, 5.41) is 3.25. The Morgan fingerprint density at radius 1 is 1.47 bits per heavy atom. The van der Waals surface area contributed by atoms with Gasteiger partial charge in [0.15, 0.2) is 0 Å². The second-order valence-electron chi connectivity index (χ2n) is 3.99. The van der Waals surface area contributed by atoms with Crippen LogP contribution in [-0.2, 0) is 11.2 Å². The smallest absolute Gasteiger partial charge is 0.103 e. The molecule has 0 amide bonds. The normalized spacial score (nSPS) is 13.3. The summed E-state index contributed by atoms with van der Waals surface area (Å²) in [5.41, 5.74) is 0. The number of aryl methyl sites for hydroxylation is 1. The van der Waals surface area contributed by atoms with E-state index in [4.69, 9.17) is 9.15 Å². The molecule has 0 fully saturated rings.